The number of carbonyl (C=O) groups is 1. The SMILES string of the molecule is CCn1c2ccccc2c2cc(NC(=O)CN(c3ccc(Cl)c(Cl)c3)S(C)(=O)=O)ccc21. The first-order valence-corrected chi connectivity index (χ1v) is 12.5. The van der Waals surface area contributed by atoms with Gasteiger partial charge in [0.2, 0.25) is 15.9 Å². The van der Waals surface area contributed by atoms with Gasteiger partial charge in [-0.25, -0.2) is 8.42 Å². The van der Waals surface area contributed by atoms with Gasteiger partial charge in [-0.3, -0.25) is 9.10 Å². The standard InChI is InChI=1S/C23H21Cl2N3O3S/c1-3-27-21-7-5-4-6-17(21)18-12-15(8-11-22(18)27)26-23(29)14-28(32(2,30)31)16-9-10-19(24)20(25)13-16/h4-13H,3,14H2,1-2H3,(H,26,29). The van der Waals surface area contributed by atoms with Crippen LogP contribution >= 0.6 is 23.2 Å². The quantitative estimate of drug-likeness (QED) is 0.387. The summed E-state index contributed by atoms with van der Waals surface area (Å²) in [5.41, 5.74) is 3.04. The third-order valence-electron chi connectivity index (χ3n) is 5.25. The van der Waals surface area contributed by atoms with Crippen molar-refractivity contribution < 1.29 is 13.2 Å². The lowest BCUT2D eigenvalue weighted by molar-refractivity contribution is -0.114. The molecule has 166 valence electrons. The Bertz CT molecular complexity index is 1450. The van der Waals surface area contributed by atoms with E-state index in [2.05, 4.69) is 22.9 Å². The van der Waals surface area contributed by atoms with Crippen molar-refractivity contribution in [1.82, 2.24) is 4.57 Å². The lowest BCUT2D eigenvalue weighted by Gasteiger charge is -2.22. The summed E-state index contributed by atoms with van der Waals surface area (Å²) in [5, 5.41) is 5.42. The molecule has 0 aliphatic heterocycles. The Balaban J connectivity index is 1.64. The third kappa shape index (κ3) is 4.28. The van der Waals surface area contributed by atoms with Crippen molar-refractivity contribution in [3.63, 3.8) is 0 Å². The number of hydrogen-bond donors (Lipinski definition) is 1. The summed E-state index contributed by atoms with van der Waals surface area (Å²) in [5.74, 6) is -0.472. The van der Waals surface area contributed by atoms with Gasteiger partial charge in [0.1, 0.15) is 6.54 Å². The predicted octanol–water partition coefficient (Wildman–Crippen LogP) is 5.53. The normalized spacial score (nSPS) is 11.8. The van der Waals surface area contributed by atoms with E-state index in [1.54, 1.807) is 0 Å². The monoisotopic (exact) mass is 489 g/mol. The molecule has 9 heteroatoms. The topological polar surface area (TPSA) is 71.4 Å². The molecule has 0 spiro atoms. The van der Waals surface area contributed by atoms with Crippen molar-refractivity contribution >= 4 is 72.3 Å². The lowest BCUT2D eigenvalue weighted by atomic mass is 10.1. The van der Waals surface area contributed by atoms with Crippen molar-refractivity contribution in [2.75, 3.05) is 22.4 Å². The van der Waals surface area contributed by atoms with Crippen LogP contribution in [-0.4, -0.2) is 31.7 Å². The molecule has 0 saturated carbocycles. The van der Waals surface area contributed by atoms with Crippen LogP contribution in [0.4, 0.5) is 11.4 Å². The Hall–Kier alpha value is -2.74. The predicted molar refractivity (Wildman–Crippen MR) is 132 cm³/mol. The number of benzene rings is 3. The average Bonchev–Trinajstić information content (AvgIpc) is 3.06. The summed E-state index contributed by atoms with van der Waals surface area (Å²) in [6, 6.07) is 18.2. The second kappa shape index (κ2) is 8.65. The van der Waals surface area contributed by atoms with Gasteiger partial charge in [-0.2, -0.15) is 0 Å². The van der Waals surface area contributed by atoms with E-state index >= 15 is 0 Å². The van der Waals surface area contributed by atoms with Crippen LogP contribution in [0.2, 0.25) is 10.0 Å². The summed E-state index contributed by atoms with van der Waals surface area (Å²) in [6.07, 6.45) is 1.04. The summed E-state index contributed by atoms with van der Waals surface area (Å²) in [7, 11) is -3.73. The molecule has 3 aromatic carbocycles. The zero-order valence-corrected chi connectivity index (χ0v) is 19.8. The molecule has 4 rings (SSSR count). The smallest absolute Gasteiger partial charge is 0.245 e. The highest BCUT2D eigenvalue weighted by molar-refractivity contribution is 7.92. The maximum absolute atomic E-state index is 12.8. The van der Waals surface area contributed by atoms with Crippen molar-refractivity contribution in [3.8, 4) is 0 Å². The van der Waals surface area contributed by atoms with Gasteiger partial charge in [0, 0.05) is 34.0 Å². The number of aromatic nitrogens is 1. The van der Waals surface area contributed by atoms with Crippen LogP contribution in [0.15, 0.2) is 60.7 Å². The highest BCUT2D eigenvalue weighted by atomic mass is 35.5. The van der Waals surface area contributed by atoms with Crippen LogP contribution in [0, 0.1) is 0 Å². The van der Waals surface area contributed by atoms with Crippen LogP contribution in [0.1, 0.15) is 6.92 Å². The third-order valence-corrected chi connectivity index (χ3v) is 7.13. The van der Waals surface area contributed by atoms with Crippen LogP contribution < -0.4 is 9.62 Å². The van der Waals surface area contributed by atoms with E-state index < -0.39 is 22.5 Å². The van der Waals surface area contributed by atoms with Gasteiger partial charge < -0.3 is 9.88 Å². The molecule has 0 atom stereocenters. The maximum Gasteiger partial charge on any atom is 0.245 e. The van der Waals surface area contributed by atoms with E-state index in [4.69, 9.17) is 23.2 Å². The molecule has 32 heavy (non-hydrogen) atoms. The van der Waals surface area contributed by atoms with Crippen LogP contribution in [0.25, 0.3) is 21.8 Å². The van der Waals surface area contributed by atoms with E-state index in [1.807, 2.05) is 36.4 Å². The number of halogens is 2. The van der Waals surface area contributed by atoms with Crippen LogP contribution in [0.3, 0.4) is 0 Å². The summed E-state index contributed by atoms with van der Waals surface area (Å²) in [4.78, 5) is 12.8. The molecule has 0 aliphatic rings. The number of fused-ring (bicyclic) bond motifs is 3. The molecular formula is C23H21Cl2N3O3S. The zero-order chi connectivity index (χ0) is 23.0. The van der Waals surface area contributed by atoms with Gasteiger partial charge in [-0.1, -0.05) is 41.4 Å². The van der Waals surface area contributed by atoms with Gasteiger partial charge in [0.15, 0.2) is 0 Å². The summed E-state index contributed by atoms with van der Waals surface area (Å²) < 4.78 is 27.9. The molecule has 0 unspecified atom stereocenters. The molecule has 1 amide bonds. The largest absolute Gasteiger partial charge is 0.341 e. The molecule has 0 aliphatic carbocycles. The van der Waals surface area contributed by atoms with Gasteiger partial charge in [0.05, 0.1) is 22.0 Å². The Morgan fingerprint density at radius 1 is 0.969 bits per heavy atom. The molecule has 0 radical (unpaired) electrons. The van der Waals surface area contributed by atoms with Crippen LogP contribution in [0.5, 0.6) is 0 Å². The van der Waals surface area contributed by atoms with Gasteiger partial charge in [-0.15, -0.1) is 0 Å². The summed E-state index contributed by atoms with van der Waals surface area (Å²) in [6.45, 7) is 2.51. The molecular weight excluding hydrogens is 469 g/mol. The molecule has 1 aromatic heterocycles. The van der Waals surface area contributed by atoms with Crippen molar-refractivity contribution in [1.29, 1.82) is 0 Å². The van der Waals surface area contributed by atoms with E-state index in [0.717, 1.165) is 38.9 Å². The fraction of sp³-hybridized carbons (Fsp3) is 0.174. The molecule has 1 N–H and O–H groups in total. The first kappa shape index (κ1) is 22.5. The van der Waals surface area contributed by atoms with Crippen LogP contribution in [-0.2, 0) is 21.4 Å². The minimum Gasteiger partial charge on any atom is -0.341 e. The molecule has 4 aromatic rings. The maximum atomic E-state index is 12.8. The van der Waals surface area contributed by atoms with E-state index in [1.165, 1.54) is 18.2 Å². The number of carbonyl (C=O) groups excluding carboxylic acids is 1. The Morgan fingerprint density at radius 3 is 2.38 bits per heavy atom. The second-order valence-corrected chi connectivity index (χ2v) is 10.1. The molecule has 0 fully saturated rings. The van der Waals surface area contributed by atoms with E-state index in [0.29, 0.717) is 10.7 Å². The Kier molecular flexibility index (Phi) is 6.07. The average molecular weight is 490 g/mol. The van der Waals surface area contributed by atoms with E-state index in [9.17, 15) is 13.2 Å². The fourth-order valence-corrected chi connectivity index (χ4v) is 4.98. The van der Waals surface area contributed by atoms with Crippen molar-refractivity contribution in [3.05, 3.63) is 70.7 Å². The van der Waals surface area contributed by atoms with Crippen molar-refractivity contribution in [2.45, 2.75) is 13.5 Å². The highest BCUT2D eigenvalue weighted by Gasteiger charge is 2.22. The molecule has 0 bridgehead atoms. The highest BCUT2D eigenvalue weighted by Crippen LogP contribution is 2.31. The number of sulfonamides is 1. The molecule has 0 saturated heterocycles. The minimum atomic E-state index is -3.73. The number of anilines is 2. The van der Waals surface area contributed by atoms with Gasteiger partial charge in [0.25, 0.3) is 0 Å². The summed E-state index contributed by atoms with van der Waals surface area (Å²) >= 11 is 12.0. The second-order valence-electron chi connectivity index (χ2n) is 7.41. The number of nitrogens with one attached hydrogen (secondary N) is 1. The first-order valence-electron chi connectivity index (χ1n) is 9.92. The Morgan fingerprint density at radius 2 is 1.69 bits per heavy atom. The first-order chi connectivity index (χ1) is 15.2. The van der Waals surface area contributed by atoms with Gasteiger partial charge in [-0.05, 0) is 49.4 Å². The van der Waals surface area contributed by atoms with Gasteiger partial charge >= 0.3 is 0 Å². The van der Waals surface area contributed by atoms with E-state index in [-0.39, 0.29) is 10.7 Å². The zero-order valence-electron chi connectivity index (χ0n) is 17.5. The van der Waals surface area contributed by atoms with Crippen molar-refractivity contribution in [2.24, 2.45) is 0 Å². The Labute approximate surface area is 196 Å². The number of para-hydroxylation sites is 1. The number of aryl methyl sites for hydroxylation is 1. The number of nitrogens with zero attached hydrogens (tertiary/aromatic N) is 2. The number of hydrogen-bond acceptors (Lipinski definition) is 3. The fourth-order valence-electron chi connectivity index (χ4n) is 3.84. The number of amides is 1. The lowest BCUT2D eigenvalue weighted by Crippen LogP contribution is -2.37. The molecule has 1 heterocycles. The number of rotatable bonds is 6. The molecule has 6 nitrogen and oxygen atoms in total. The minimum absolute atomic E-state index is 0.205.